The molecule has 0 radical (unpaired) electrons. The number of hydrogen-bond acceptors (Lipinski definition) is 4. The van der Waals surface area contributed by atoms with Crippen LogP contribution in [0.1, 0.15) is 37.9 Å². The van der Waals surface area contributed by atoms with Gasteiger partial charge in [-0.05, 0) is 31.9 Å². The highest BCUT2D eigenvalue weighted by molar-refractivity contribution is 7.98. The van der Waals surface area contributed by atoms with Crippen LogP contribution in [0, 0.1) is 0 Å². The van der Waals surface area contributed by atoms with Crippen LogP contribution < -0.4 is 5.32 Å². The first-order valence-electron chi connectivity index (χ1n) is 7.82. The Kier molecular flexibility index (Phi) is 4.37. The summed E-state index contributed by atoms with van der Waals surface area (Å²) in [6, 6.07) is 9.40. The highest BCUT2D eigenvalue weighted by atomic mass is 32.2. The molecule has 1 saturated heterocycles. The fourth-order valence-electron chi connectivity index (χ4n) is 2.86. The smallest absolute Gasteiger partial charge is 0.410 e. The summed E-state index contributed by atoms with van der Waals surface area (Å²) < 4.78 is 5.39. The van der Waals surface area contributed by atoms with Crippen LogP contribution in [0.3, 0.4) is 0 Å². The van der Waals surface area contributed by atoms with Crippen molar-refractivity contribution in [3.8, 4) is 0 Å². The molecule has 1 unspecified atom stereocenters. The molecule has 1 amide bonds. The number of nitrogens with one attached hydrogen (secondary N) is 1. The summed E-state index contributed by atoms with van der Waals surface area (Å²) in [4.78, 5) is 13.7. The van der Waals surface area contributed by atoms with E-state index in [0.717, 1.165) is 24.6 Å². The normalized spacial score (nSPS) is 22.0. The molecule has 2 heterocycles. The average molecular weight is 320 g/mol. The number of hydrogen-bond donors (Lipinski definition) is 1. The second kappa shape index (κ2) is 6.13. The molecular formula is C17H24N2O2S. The Hall–Kier alpha value is -1.20. The maximum Gasteiger partial charge on any atom is 0.410 e. The van der Waals surface area contributed by atoms with Gasteiger partial charge in [0.05, 0.1) is 0 Å². The molecule has 1 aromatic carbocycles. The first kappa shape index (κ1) is 15.7. The number of thioether (sulfide) groups is 1. The highest BCUT2D eigenvalue weighted by Gasteiger charge is 2.35. The van der Waals surface area contributed by atoms with Gasteiger partial charge in [0.2, 0.25) is 0 Å². The number of ether oxygens (including phenoxy) is 1. The molecule has 22 heavy (non-hydrogen) atoms. The molecule has 1 fully saturated rings. The van der Waals surface area contributed by atoms with E-state index in [1.807, 2.05) is 32.5 Å². The van der Waals surface area contributed by atoms with Crippen molar-refractivity contribution in [3.05, 3.63) is 35.4 Å². The molecule has 1 atom stereocenters. The van der Waals surface area contributed by atoms with Crippen molar-refractivity contribution in [1.29, 1.82) is 0 Å². The minimum Gasteiger partial charge on any atom is -0.444 e. The van der Waals surface area contributed by atoms with Gasteiger partial charge in [-0.1, -0.05) is 24.3 Å². The molecule has 120 valence electrons. The maximum atomic E-state index is 11.9. The van der Waals surface area contributed by atoms with Gasteiger partial charge in [-0.2, -0.15) is 11.8 Å². The lowest BCUT2D eigenvalue weighted by atomic mass is 10.00. The van der Waals surface area contributed by atoms with Crippen molar-refractivity contribution in [2.24, 2.45) is 0 Å². The van der Waals surface area contributed by atoms with Gasteiger partial charge in [-0.25, -0.2) is 4.79 Å². The molecule has 1 aromatic rings. The second-order valence-electron chi connectivity index (χ2n) is 7.02. The number of benzene rings is 1. The van der Waals surface area contributed by atoms with Gasteiger partial charge >= 0.3 is 6.09 Å². The zero-order chi connectivity index (χ0) is 15.7. The van der Waals surface area contributed by atoms with Gasteiger partial charge in [0, 0.05) is 36.7 Å². The summed E-state index contributed by atoms with van der Waals surface area (Å²) in [6.07, 6.45) is -0.205. The predicted octanol–water partition coefficient (Wildman–Crippen LogP) is 3.18. The summed E-state index contributed by atoms with van der Waals surface area (Å²) in [5.74, 6) is 2.20. The fourth-order valence-corrected chi connectivity index (χ4v) is 3.98. The third-order valence-corrected chi connectivity index (χ3v) is 5.03. The van der Waals surface area contributed by atoms with E-state index in [-0.39, 0.29) is 6.09 Å². The van der Waals surface area contributed by atoms with Crippen molar-refractivity contribution in [2.75, 3.05) is 18.8 Å². The summed E-state index contributed by atoms with van der Waals surface area (Å²) in [6.45, 7) is 7.17. The van der Waals surface area contributed by atoms with Gasteiger partial charge < -0.3 is 15.0 Å². The zero-order valence-corrected chi connectivity index (χ0v) is 14.3. The Morgan fingerprint density at radius 3 is 2.77 bits per heavy atom. The van der Waals surface area contributed by atoms with Crippen molar-refractivity contribution < 1.29 is 9.53 Å². The highest BCUT2D eigenvalue weighted by Crippen LogP contribution is 2.32. The van der Waals surface area contributed by atoms with E-state index < -0.39 is 5.60 Å². The Bertz CT molecular complexity index is 550. The van der Waals surface area contributed by atoms with Gasteiger partial charge in [-0.15, -0.1) is 0 Å². The van der Waals surface area contributed by atoms with E-state index in [2.05, 4.69) is 29.6 Å². The monoisotopic (exact) mass is 320 g/mol. The van der Waals surface area contributed by atoms with Crippen LogP contribution in [0.4, 0.5) is 4.79 Å². The first-order valence-corrected chi connectivity index (χ1v) is 8.97. The molecule has 1 N–H and O–H groups in total. The predicted molar refractivity (Wildman–Crippen MR) is 90.1 cm³/mol. The molecule has 0 aromatic heterocycles. The number of carbonyl (C=O) groups is 1. The van der Waals surface area contributed by atoms with Gasteiger partial charge in [0.1, 0.15) is 5.60 Å². The largest absolute Gasteiger partial charge is 0.444 e. The van der Waals surface area contributed by atoms with Crippen LogP contribution in [-0.4, -0.2) is 41.5 Å². The number of carbonyl (C=O) groups excluding carboxylic acids is 1. The van der Waals surface area contributed by atoms with Gasteiger partial charge in [-0.3, -0.25) is 0 Å². The van der Waals surface area contributed by atoms with E-state index in [4.69, 9.17) is 4.74 Å². The second-order valence-corrected chi connectivity index (χ2v) is 8.05. The lowest BCUT2D eigenvalue weighted by Crippen LogP contribution is -2.61. The lowest BCUT2D eigenvalue weighted by molar-refractivity contribution is 0.00438. The number of amides is 1. The third kappa shape index (κ3) is 3.58. The number of likely N-dealkylation sites (tertiary alicyclic amines) is 1. The standard InChI is InChI=1S/C17H24N2O2S/c1-17(2,3)21-16(20)19-8-13(9-19)18-15-11-22-10-12-6-4-5-7-14(12)15/h4-7,13,15,18H,8-11H2,1-3H3. The molecule has 0 bridgehead atoms. The molecule has 0 spiro atoms. The van der Waals surface area contributed by atoms with Crippen molar-refractivity contribution in [3.63, 3.8) is 0 Å². The van der Waals surface area contributed by atoms with Crippen molar-refractivity contribution in [2.45, 2.75) is 44.2 Å². The summed E-state index contributed by atoms with van der Waals surface area (Å²) in [5, 5.41) is 3.69. The average Bonchev–Trinajstić information content (AvgIpc) is 2.40. The lowest BCUT2D eigenvalue weighted by Gasteiger charge is -2.42. The Balaban J connectivity index is 1.52. The molecule has 2 aliphatic heterocycles. The van der Waals surface area contributed by atoms with Crippen molar-refractivity contribution >= 4 is 17.9 Å². The third-order valence-electron chi connectivity index (χ3n) is 3.94. The molecule has 3 rings (SSSR count). The van der Waals surface area contributed by atoms with E-state index in [0.29, 0.717) is 12.1 Å². The quantitative estimate of drug-likeness (QED) is 0.909. The van der Waals surface area contributed by atoms with E-state index in [1.165, 1.54) is 11.1 Å². The number of fused-ring (bicyclic) bond motifs is 1. The minimum atomic E-state index is -0.422. The van der Waals surface area contributed by atoms with Crippen LogP contribution in [0.25, 0.3) is 0 Å². The van der Waals surface area contributed by atoms with Gasteiger partial charge in [0.25, 0.3) is 0 Å². The van der Waals surface area contributed by atoms with E-state index >= 15 is 0 Å². The van der Waals surface area contributed by atoms with Crippen LogP contribution in [-0.2, 0) is 10.5 Å². The number of rotatable bonds is 2. The molecule has 2 aliphatic rings. The summed E-state index contributed by atoms with van der Waals surface area (Å²) >= 11 is 1.97. The number of nitrogens with zero attached hydrogens (tertiary/aromatic N) is 1. The molecule has 0 aliphatic carbocycles. The summed E-state index contributed by atoms with van der Waals surface area (Å²) in [7, 11) is 0. The Labute approximate surface area is 136 Å². The Morgan fingerprint density at radius 1 is 1.32 bits per heavy atom. The van der Waals surface area contributed by atoms with Crippen LogP contribution in [0.5, 0.6) is 0 Å². The maximum absolute atomic E-state index is 11.9. The van der Waals surface area contributed by atoms with Crippen LogP contribution >= 0.6 is 11.8 Å². The topological polar surface area (TPSA) is 41.6 Å². The molecular weight excluding hydrogens is 296 g/mol. The molecule has 5 heteroatoms. The van der Waals surface area contributed by atoms with Crippen molar-refractivity contribution in [1.82, 2.24) is 10.2 Å². The zero-order valence-electron chi connectivity index (χ0n) is 13.5. The van der Waals surface area contributed by atoms with Crippen LogP contribution in [0.15, 0.2) is 24.3 Å². The SMILES string of the molecule is CC(C)(C)OC(=O)N1CC(NC2CSCc3ccccc32)C1. The van der Waals surface area contributed by atoms with E-state index in [9.17, 15) is 4.79 Å². The molecule has 4 nitrogen and oxygen atoms in total. The fraction of sp³-hybridized carbons (Fsp3) is 0.588. The Morgan fingerprint density at radius 2 is 2.05 bits per heavy atom. The van der Waals surface area contributed by atoms with Gasteiger partial charge in [0.15, 0.2) is 0 Å². The first-order chi connectivity index (χ1) is 10.4. The molecule has 0 saturated carbocycles. The minimum absolute atomic E-state index is 0.205. The van der Waals surface area contributed by atoms with E-state index in [1.54, 1.807) is 4.90 Å². The van der Waals surface area contributed by atoms with Crippen LogP contribution in [0.2, 0.25) is 0 Å². The summed E-state index contributed by atoms with van der Waals surface area (Å²) in [5.41, 5.74) is 2.42.